The lowest BCUT2D eigenvalue weighted by Crippen LogP contribution is -2.12. The van der Waals surface area contributed by atoms with Crippen molar-refractivity contribution in [2.45, 2.75) is 6.18 Å². The molecule has 0 atom stereocenters. The lowest BCUT2D eigenvalue weighted by atomic mass is 10.1. The maximum absolute atomic E-state index is 13.3. The third-order valence-electron chi connectivity index (χ3n) is 3.18. The largest absolute Gasteiger partial charge is 0.418 e. The number of aliphatic hydroxyl groups excluding tert-OH is 1. The number of aromatic nitrogens is 4. The Kier molecular flexibility index (Phi) is 3.87. The van der Waals surface area contributed by atoms with Crippen molar-refractivity contribution in [3.8, 4) is 11.4 Å². The summed E-state index contributed by atoms with van der Waals surface area (Å²) in [4.78, 5) is 8.02. The van der Waals surface area contributed by atoms with Gasteiger partial charge in [-0.15, -0.1) is 0 Å². The van der Waals surface area contributed by atoms with E-state index in [1.165, 1.54) is 12.3 Å². The summed E-state index contributed by atoms with van der Waals surface area (Å²) in [6, 6.07) is 5.41. The van der Waals surface area contributed by atoms with E-state index in [0.29, 0.717) is 11.0 Å². The van der Waals surface area contributed by atoms with Gasteiger partial charge in [0.2, 0.25) is 0 Å². The number of hydrogen-bond acceptors (Lipinski definition) is 5. The molecule has 0 radical (unpaired) electrons. The first-order valence-corrected chi connectivity index (χ1v) is 6.73. The summed E-state index contributed by atoms with van der Waals surface area (Å²) >= 11 is 0. The molecule has 3 heterocycles. The summed E-state index contributed by atoms with van der Waals surface area (Å²) in [7, 11) is 0. The standard InChI is InChI=1S/C14H12F3N5O.H2/c15-14(16,17)9-3-4-10(18-6-7-23)20-12(9)11-8-2-1-5-19-13(8)22-21-11;/h1-5,23H,6-7H2,(H,18,20)(H,19,21,22);1H. The van der Waals surface area contributed by atoms with Crippen molar-refractivity contribution >= 4 is 16.9 Å². The number of alkyl halides is 3. The normalized spacial score (nSPS) is 11.8. The molecule has 0 aliphatic rings. The highest BCUT2D eigenvalue weighted by Crippen LogP contribution is 2.37. The van der Waals surface area contributed by atoms with E-state index in [2.05, 4.69) is 25.5 Å². The molecule has 6 nitrogen and oxygen atoms in total. The molecule has 0 aliphatic carbocycles. The Morgan fingerprint density at radius 2 is 2.09 bits per heavy atom. The summed E-state index contributed by atoms with van der Waals surface area (Å²) in [5.41, 5.74) is -0.684. The summed E-state index contributed by atoms with van der Waals surface area (Å²) in [5, 5.41) is 18.5. The van der Waals surface area contributed by atoms with Crippen LogP contribution in [0.4, 0.5) is 19.0 Å². The van der Waals surface area contributed by atoms with Gasteiger partial charge in [-0.05, 0) is 24.3 Å². The molecule has 0 unspecified atom stereocenters. The number of nitrogens with one attached hydrogen (secondary N) is 2. The van der Waals surface area contributed by atoms with Gasteiger partial charge in [0.25, 0.3) is 0 Å². The second-order valence-electron chi connectivity index (χ2n) is 4.71. The number of H-pyrrole nitrogens is 1. The van der Waals surface area contributed by atoms with Gasteiger partial charge in [-0.25, -0.2) is 9.97 Å². The second-order valence-corrected chi connectivity index (χ2v) is 4.71. The van der Waals surface area contributed by atoms with Crippen LogP contribution in [0, 0.1) is 0 Å². The first-order valence-electron chi connectivity index (χ1n) is 6.73. The SMILES string of the molecule is OCCNc1ccc(C(F)(F)F)c(-c2[nH]nc3ncccc23)n1.[HH]. The van der Waals surface area contributed by atoms with Crippen molar-refractivity contribution in [2.75, 3.05) is 18.5 Å². The van der Waals surface area contributed by atoms with Crippen LogP contribution in [-0.4, -0.2) is 38.4 Å². The molecule has 9 heteroatoms. The van der Waals surface area contributed by atoms with Crippen LogP contribution in [0.5, 0.6) is 0 Å². The van der Waals surface area contributed by atoms with Gasteiger partial charge in [0.1, 0.15) is 11.5 Å². The van der Waals surface area contributed by atoms with E-state index < -0.39 is 11.7 Å². The predicted octanol–water partition coefficient (Wildman–Crippen LogP) is 2.69. The van der Waals surface area contributed by atoms with Crippen molar-refractivity contribution in [2.24, 2.45) is 0 Å². The average Bonchev–Trinajstić information content (AvgIpc) is 2.95. The van der Waals surface area contributed by atoms with E-state index in [1.807, 2.05) is 0 Å². The molecule has 0 aromatic carbocycles. The number of pyridine rings is 2. The monoisotopic (exact) mass is 325 g/mol. The van der Waals surface area contributed by atoms with Gasteiger partial charge < -0.3 is 10.4 Å². The molecular weight excluding hydrogens is 311 g/mol. The molecule has 3 aromatic heterocycles. The van der Waals surface area contributed by atoms with E-state index in [0.717, 1.165) is 6.07 Å². The van der Waals surface area contributed by atoms with Crippen molar-refractivity contribution in [1.29, 1.82) is 0 Å². The Morgan fingerprint density at radius 1 is 1.26 bits per heavy atom. The molecule has 0 spiro atoms. The quantitative estimate of drug-likeness (QED) is 0.686. The zero-order chi connectivity index (χ0) is 16.4. The number of aliphatic hydroxyl groups is 1. The lowest BCUT2D eigenvalue weighted by molar-refractivity contribution is -0.137. The molecule has 0 amide bonds. The number of hydrogen-bond donors (Lipinski definition) is 3. The van der Waals surface area contributed by atoms with Crippen LogP contribution in [0.3, 0.4) is 0 Å². The molecule has 23 heavy (non-hydrogen) atoms. The third kappa shape index (κ3) is 2.95. The zero-order valence-corrected chi connectivity index (χ0v) is 11.7. The Balaban J connectivity index is 0.00000208. The van der Waals surface area contributed by atoms with Gasteiger partial charge in [-0.2, -0.15) is 18.3 Å². The highest BCUT2D eigenvalue weighted by atomic mass is 19.4. The lowest BCUT2D eigenvalue weighted by Gasteiger charge is -2.13. The smallest absolute Gasteiger partial charge is 0.395 e. The maximum atomic E-state index is 13.3. The van der Waals surface area contributed by atoms with Crippen LogP contribution in [0.15, 0.2) is 30.5 Å². The van der Waals surface area contributed by atoms with E-state index in [1.54, 1.807) is 12.1 Å². The molecule has 0 saturated heterocycles. The fourth-order valence-corrected chi connectivity index (χ4v) is 2.19. The zero-order valence-electron chi connectivity index (χ0n) is 11.7. The topological polar surface area (TPSA) is 86.7 Å². The fraction of sp³-hybridized carbons (Fsp3) is 0.214. The summed E-state index contributed by atoms with van der Waals surface area (Å²) in [5.74, 6) is 0.230. The highest BCUT2D eigenvalue weighted by Gasteiger charge is 2.35. The second kappa shape index (κ2) is 5.84. The Hall–Kier alpha value is -2.68. The van der Waals surface area contributed by atoms with Gasteiger partial charge in [0.15, 0.2) is 5.65 Å². The number of anilines is 1. The van der Waals surface area contributed by atoms with Crippen molar-refractivity contribution < 1.29 is 19.7 Å². The number of rotatable bonds is 4. The molecule has 3 aromatic rings. The van der Waals surface area contributed by atoms with E-state index >= 15 is 0 Å². The van der Waals surface area contributed by atoms with Crippen LogP contribution < -0.4 is 5.32 Å². The summed E-state index contributed by atoms with van der Waals surface area (Å²) in [6.45, 7) is 0.0258. The molecular formula is C14H14F3N5O. The maximum Gasteiger partial charge on any atom is 0.418 e. The predicted molar refractivity (Wildman–Crippen MR) is 79.8 cm³/mol. The van der Waals surface area contributed by atoms with Crippen LogP contribution in [-0.2, 0) is 6.18 Å². The number of fused-ring (bicyclic) bond motifs is 1. The minimum Gasteiger partial charge on any atom is -0.395 e. The fourth-order valence-electron chi connectivity index (χ4n) is 2.19. The molecule has 0 aliphatic heterocycles. The van der Waals surface area contributed by atoms with Crippen molar-refractivity contribution in [3.63, 3.8) is 0 Å². The summed E-state index contributed by atoms with van der Waals surface area (Å²) in [6.07, 6.45) is -3.05. The highest BCUT2D eigenvalue weighted by molar-refractivity contribution is 5.90. The Morgan fingerprint density at radius 3 is 2.83 bits per heavy atom. The van der Waals surface area contributed by atoms with Gasteiger partial charge in [0, 0.05) is 19.6 Å². The number of aromatic amines is 1. The van der Waals surface area contributed by atoms with Crippen LogP contribution in [0.1, 0.15) is 6.99 Å². The van der Waals surface area contributed by atoms with Gasteiger partial charge in [-0.3, -0.25) is 5.10 Å². The van der Waals surface area contributed by atoms with E-state index in [9.17, 15) is 13.2 Å². The Labute approximate surface area is 129 Å². The van der Waals surface area contributed by atoms with Crippen LogP contribution in [0.2, 0.25) is 0 Å². The molecule has 0 fully saturated rings. The molecule has 0 saturated carbocycles. The van der Waals surface area contributed by atoms with Crippen LogP contribution in [0.25, 0.3) is 22.4 Å². The van der Waals surface area contributed by atoms with Gasteiger partial charge >= 0.3 is 6.18 Å². The van der Waals surface area contributed by atoms with Gasteiger partial charge in [-0.1, -0.05) is 0 Å². The molecule has 0 bridgehead atoms. The van der Waals surface area contributed by atoms with Crippen molar-refractivity contribution in [3.05, 3.63) is 36.0 Å². The molecule has 122 valence electrons. The molecule has 3 rings (SSSR count). The summed E-state index contributed by atoms with van der Waals surface area (Å²) < 4.78 is 39.8. The average molecular weight is 325 g/mol. The molecule has 3 N–H and O–H groups in total. The van der Waals surface area contributed by atoms with E-state index in [-0.39, 0.29) is 31.8 Å². The first-order chi connectivity index (χ1) is 11.0. The third-order valence-corrected chi connectivity index (χ3v) is 3.18. The number of nitrogens with zero attached hydrogens (tertiary/aromatic N) is 3. The van der Waals surface area contributed by atoms with Crippen molar-refractivity contribution in [1.82, 2.24) is 20.2 Å². The number of halogens is 3. The minimum absolute atomic E-state index is 0. The Bertz CT molecular complexity index is 837. The minimum atomic E-state index is -4.56. The van der Waals surface area contributed by atoms with Gasteiger partial charge in [0.05, 0.1) is 17.9 Å². The van der Waals surface area contributed by atoms with Crippen LogP contribution >= 0.6 is 0 Å². The van der Waals surface area contributed by atoms with E-state index in [4.69, 9.17) is 5.11 Å². The first kappa shape index (κ1) is 15.2.